The Morgan fingerprint density at radius 1 is 1.40 bits per heavy atom. The second kappa shape index (κ2) is 3.77. The van der Waals surface area contributed by atoms with Crippen LogP contribution in [-0.2, 0) is 0 Å². The van der Waals surface area contributed by atoms with E-state index in [2.05, 4.69) is 32.7 Å². The van der Waals surface area contributed by atoms with Crippen LogP contribution < -0.4 is 5.32 Å². The minimum absolute atomic E-state index is 0.384. The number of nitrogens with one attached hydrogen (secondary N) is 1. The lowest BCUT2D eigenvalue weighted by molar-refractivity contribution is 0.387. The second-order valence-electron chi connectivity index (χ2n) is 4.12. The molecule has 1 nitrogen and oxygen atoms in total. The van der Waals surface area contributed by atoms with Gasteiger partial charge in [-0.3, -0.25) is 0 Å². The summed E-state index contributed by atoms with van der Waals surface area (Å²) in [6.07, 6.45) is 0. The van der Waals surface area contributed by atoms with Crippen molar-refractivity contribution in [1.82, 2.24) is 5.32 Å². The molecule has 0 aliphatic heterocycles. The highest BCUT2D eigenvalue weighted by molar-refractivity contribution is 4.90. The average molecular weight is 141 g/mol. The monoisotopic (exact) mass is 141 g/mol. The van der Waals surface area contributed by atoms with E-state index >= 15 is 0 Å². The summed E-state index contributed by atoms with van der Waals surface area (Å²) in [7, 11) is 0. The van der Waals surface area contributed by atoms with Crippen molar-refractivity contribution < 1.29 is 0 Å². The molecule has 0 aromatic heterocycles. The van der Waals surface area contributed by atoms with Crippen molar-refractivity contribution in [3.63, 3.8) is 0 Å². The summed E-state index contributed by atoms with van der Waals surface area (Å²) in [5, 5.41) is 3.33. The molecule has 60 valence electrons. The van der Waals surface area contributed by atoms with Gasteiger partial charge in [-0.15, -0.1) is 0 Å². The third kappa shape index (κ3) is 7.70. The highest BCUT2D eigenvalue weighted by Crippen LogP contribution is 2.09. The molecule has 0 saturated carbocycles. The lowest BCUT2D eigenvalue weighted by Gasteiger charge is -2.18. The van der Waals surface area contributed by atoms with Gasteiger partial charge in [-0.1, -0.05) is 32.9 Å². The lowest BCUT2D eigenvalue weighted by Crippen LogP contribution is -2.27. The van der Waals surface area contributed by atoms with E-state index in [9.17, 15) is 0 Å². The number of rotatable bonds is 3. The molecular weight excluding hydrogens is 122 g/mol. The minimum Gasteiger partial charge on any atom is -0.313 e. The Morgan fingerprint density at radius 3 is 2.20 bits per heavy atom. The van der Waals surface area contributed by atoms with Crippen LogP contribution >= 0.6 is 0 Å². The maximum Gasteiger partial charge on any atom is 0.0159 e. The molecule has 0 amide bonds. The molecule has 0 heterocycles. The quantitative estimate of drug-likeness (QED) is 0.594. The van der Waals surface area contributed by atoms with E-state index in [-0.39, 0.29) is 0 Å². The van der Waals surface area contributed by atoms with E-state index in [0.717, 1.165) is 13.1 Å². The first-order valence-electron chi connectivity index (χ1n) is 3.77. The summed E-state index contributed by atoms with van der Waals surface area (Å²) in [6, 6.07) is 0. The maximum atomic E-state index is 3.81. The molecule has 0 aliphatic rings. The largest absolute Gasteiger partial charge is 0.313 e. The highest BCUT2D eigenvalue weighted by Gasteiger charge is 2.07. The molecule has 0 aromatic carbocycles. The van der Waals surface area contributed by atoms with Crippen molar-refractivity contribution in [2.75, 3.05) is 13.1 Å². The maximum absolute atomic E-state index is 3.81. The molecule has 10 heavy (non-hydrogen) atoms. The first kappa shape index (κ1) is 9.70. The Morgan fingerprint density at radius 2 is 1.90 bits per heavy atom. The van der Waals surface area contributed by atoms with E-state index in [1.807, 2.05) is 6.92 Å². The van der Waals surface area contributed by atoms with Gasteiger partial charge in [0.05, 0.1) is 0 Å². The van der Waals surface area contributed by atoms with E-state index in [0.29, 0.717) is 5.41 Å². The number of hydrogen-bond donors (Lipinski definition) is 1. The molecule has 0 atom stereocenters. The van der Waals surface area contributed by atoms with Gasteiger partial charge >= 0.3 is 0 Å². The third-order valence-electron chi connectivity index (χ3n) is 1.08. The van der Waals surface area contributed by atoms with E-state index in [1.54, 1.807) is 0 Å². The number of hydrogen-bond acceptors (Lipinski definition) is 1. The van der Waals surface area contributed by atoms with Gasteiger partial charge < -0.3 is 5.32 Å². The Kier molecular flexibility index (Phi) is 3.66. The zero-order valence-corrected chi connectivity index (χ0v) is 7.62. The fraction of sp³-hybridized carbons (Fsp3) is 0.778. The second-order valence-corrected chi connectivity index (χ2v) is 4.12. The Balaban J connectivity index is 3.29. The van der Waals surface area contributed by atoms with Crippen molar-refractivity contribution in [3.05, 3.63) is 12.2 Å². The van der Waals surface area contributed by atoms with Crippen molar-refractivity contribution >= 4 is 0 Å². The minimum atomic E-state index is 0.384. The van der Waals surface area contributed by atoms with Gasteiger partial charge in [0.15, 0.2) is 0 Å². The first-order chi connectivity index (χ1) is 4.42. The molecule has 0 spiro atoms. The molecule has 0 saturated heterocycles. The molecule has 1 N–H and O–H groups in total. The fourth-order valence-corrected chi connectivity index (χ4v) is 0.651. The molecule has 0 aromatic rings. The van der Waals surface area contributed by atoms with E-state index < -0.39 is 0 Å². The molecule has 0 fully saturated rings. The predicted molar refractivity (Wildman–Crippen MR) is 47.1 cm³/mol. The smallest absolute Gasteiger partial charge is 0.0159 e. The van der Waals surface area contributed by atoms with Gasteiger partial charge in [0.2, 0.25) is 0 Å². The third-order valence-corrected chi connectivity index (χ3v) is 1.08. The van der Waals surface area contributed by atoms with Crippen molar-refractivity contribution in [1.29, 1.82) is 0 Å². The molecule has 0 aliphatic carbocycles. The van der Waals surface area contributed by atoms with Gasteiger partial charge in [0, 0.05) is 13.1 Å². The molecule has 0 radical (unpaired) electrons. The molecule has 0 bridgehead atoms. The summed E-state index contributed by atoms with van der Waals surface area (Å²) in [5.41, 5.74) is 1.58. The Bertz CT molecular complexity index is 108. The van der Waals surface area contributed by atoms with Crippen LogP contribution in [0.2, 0.25) is 0 Å². The van der Waals surface area contributed by atoms with Gasteiger partial charge in [-0.2, -0.15) is 0 Å². The SMILES string of the molecule is C=C(C)CNCC(C)(C)C. The van der Waals surface area contributed by atoms with Crippen LogP contribution in [0.1, 0.15) is 27.7 Å². The summed E-state index contributed by atoms with van der Waals surface area (Å²) >= 11 is 0. The lowest BCUT2D eigenvalue weighted by atomic mass is 9.97. The van der Waals surface area contributed by atoms with Crippen molar-refractivity contribution in [2.24, 2.45) is 5.41 Å². The topological polar surface area (TPSA) is 12.0 Å². The fourth-order valence-electron chi connectivity index (χ4n) is 0.651. The highest BCUT2D eigenvalue weighted by atomic mass is 14.9. The van der Waals surface area contributed by atoms with Crippen molar-refractivity contribution in [2.45, 2.75) is 27.7 Å². The standard InChI is InChI=1S/C9H19N/c1-8(2)6-10-7-9(3,4)5/h10H,1,6-7H2,2-5H3. The normalized spacial score (nSPS) is 11.6. The van der Waals surface area contributed by atoms with Crippen LogP contribution in [0.5, 0.6) is 0 Å². The summed E-state index contributed by atoms with van der Waals surface area (Å²) in [4.78, 5) is 0. The van der Waals surface area contributed by atoms with Crippen LogP contribution in [0.25, 0.3) is 0 Å². The predicted octanol–water partition coefficient (Wildman–Crippen LogP) is 2.20. The van der Waals surface area contributed by atoms with Crippen molar-refractivity contribution in [3.8, 4) is 0 Å². The van der Waals surface area contributed by atoms with E-state index in [1.165, 1.54) is 5.57 Å². The van der Waals surface area contributed by atoms with Gasteiger partial charge in [-0.05, 0) is 12.3 Å². The molecule has 1 heteroatoms. The van der Waals surface area contributed by atoms with E-state index in [4.69, 9.17) is 0 Å². The summed E-state index contributed by atoms with van der Waals surface area (Å²) in [6.45, 7) is 14.5. The Hall–Kier alpha value is -0.300. The average Bonchev–Trinajstić information content (AvgIpc) is 1.59. The van der Waals surface area contributed by atoms with Gasteiger partial charge in [-0.25, -0.2) is 0 Å². The Labute approximate surface area is 64.5 Å². The molecular formula is C9H19N. The van der Waals surface area contributed by atoms with Gasteiger partial charge in [0.1, 0.15) is 0 Å². The molecule has 0 rings (SSSR count). The summed E-state index contributed by atoms with van der Waals surface area (Å²) in [5.74, 6) is 0. The molecule has 0 unspecified atom stereocenters. The van der Waals surface area contributed by atoms with Crippen LogP contribution in [0.3, 0.4) is 0 Å². The first-order valence-corrected chi connectivity index (χ1v) is 3.77. The van der Waals surface area contributed by atoms with Crippen LogP contribution in [0.15, 0.2) is 12.2 Å². The van der Waals surface area contributed by atoms with Crippen LogP contribution in [-0.4, -0.2) is 13.1 Å². The zero-order valence-electron chi connectivity index (χ0n) is 7.62. The zero-order chi connectivity index (χ0) is 8.20. The van der Waals surface area contributed by atoms with Crippen LogP contribution in [0.4, 0.5) is 0 Å². The van der Waals surface area contributed by atoms with Crippen LogP contribution in [0, 0.1) is 5.41 Å². The summed E-state index contributed by atoms with van der Waals surface area (Å²) < 4.78 is 0. The van der Waals surface area contributed by atoms with Gasteiger partial charge in [0.25, 0.3) is 0 Å².